The van der Waals surface area contributed by atoms with Crippen molar-refractivity contribution in [1.29, 1.82) is 0 Å². The SMILES string of the molecule is CNC(=O)Nc1nc2c(s1)[C@@H]1COC[C@H](C2)N1c1nc(-c2ccc(F)cc2)co1. The standard InChI is InChI=1S/C19H18FN5O3S/c1-21-17(26)24-18-22-13-6-12-7-27-9-15(16(13)29-18)25(12)19-23-14(8-28-19)10-2-4-11(20)5-3-10/h2-5,8,12,15H,6-7,9H2,1H3,(H2,21,22,24,26)/t12-,15-/m0/s1. The molecule has 2 bridgehead atoms. The van der Waals surface area contributed by atoms with Crippen LogP contribution in [0.25, 0.3) is 11.3 Å². The van der Waals surface area contributed by atoms with Crippen LogP contribution < -0.4 is 15.5 Å². The van der Waals surface area contributed by atoms with E-state index in [9.17, 15) is 9.18 Å². The van der Waals surface area contributed by atoms with Gasteiger partial charge in [-0.2, -0.15) is 4.98 Å². The fraction of sp³-hybridized carbons (Fsp3) is 0.316. The number of ether oxygens (including phenoxy) is 1. The molecule has 3 aromatic rings. The van der Waals surface area contributed by atoms with Crippen LogP contribution >= 0.6 is 11.3 Å². The molecule has 2 N–H and O–H groups in total. The van der Waals surface area contributed by atoms with Crippen molar-refractivity contribution >= 4 is 28.5 Å². The Balaban J connectivity index is 1.46. The zero-order chi connectivity index (χ0) is 20.0. The van der Waals surface area contributed by atoms with Gasteiger partial charge in [0.1, 0.15) is 17.8 Å². The molecule has 2 aliphatic rings. The van der Waals surface area contributed by atoms with Gasteiger partial charge in [0.05, 0.1) is 35.9 Å². The highest BCUT2D eigenvalue weighted by molar-refractivity contribution is 7.16. The average molecular weight is 415 g/mol. The van der Waals surface area contributed by atoms with Crippen LogP contribution in [-0.2, 0) is 11.2 Å². The summed E-state index contributed by atoms with van der Waals surface area (Å²) in [5.74, 6) is -0.293. The van der Waals surface area contributed by atoms with E-state index >= 15 is 0 Å². The van der Waals surface area contributed by atoms with Crippen LogP contribution in [0.1, 0.15) is 16.6 Å². The Morgan fingerprint density at radius 3 is 2.90 bits per heavy atom. The molecule has 4 heterocycles. The summed E-state index contributed by atoms with van der Waals surface area (Å²) in [6.07, 6.45) is 2.26. The zero-order valence-electron chi connectivity index (χ0n) is 15.5. The van der Waals surface area contributed by atoms with E-state index in [0.717, 1.165) is 16.1 Å². The highest BCUT2D eigenvalue weighted by atomic mass is 32.1. The van der Waals surface area contributed by atoms with Gasteiger partial charge in [-0.1, -0.05) is 11.3 Å². The van der Waals surface area contributed by atoms with Crippen molar-refractivity contribution in [3.63, 3.8) is 0 Å². The molecule has 2 amide bonds. The smallest absolute Gasteiger partial charge is 0.320 e. The summed E-state index contributed by atoms with van der Waals surface area (Å²) in [7, 11) is 1.56. The number of halogens is 1. The van der Waals surface area contributed by atoms with Gasteiger partial charge in [0, 0.05) is 19.0 Å². The van der Waals surface area contributed by atoms with Crippen molar-refractivity contribution in [3.05, 3.63) is 46.9 Å². The molecular formula is C19H18FN5O3S. The van der Waals surface area contributed by atoms with Gasteiger partial charge in [-0.3, -0.25) is 5.32 Å². The lowest BCUT2D eigenvalue weighted by atomic mass is 9.97. The van der Waals surface area contributed by atoms with Crippen molar-refractivity contribution in [2.75, 3.05) is 30.5 Å². The Bertz CT molecular complexity index is 1050. The summed E-state index contributed by atoms with van der Waals surface area (Å²) in [4.78, 5) is 24.0. The van der Waals surface area contributed by atoms with Crippen LogP contribution in [0.2, 0.25) is 0 Å². The van der Waals surface area contributed by atoms with E-state index in [2.05, 4.69) is 25.5 Å². The van der Waals surface area contributed by atoms with E-state index in [-0.39, 0.29) is 23.9 Å². The van der Waals surface area contributed by atoms with E-state index < -0.39 is 0 Å². The average Bonchev–Trinajstić information content (AvgIpc) is 3.35. The maximum atomic E-state index is 13.2. The van der Waals surface area contributed by atoms with Crippen molar-refractivity contribution in [3.8, 4) is 11.3 Å². The van der Waals surface area contributed by atoms with E-state index in [4.69, 9.17) is 9.15 Å². The molecule has 0 radical (unpaired) electrons. The third-order valence-corrected chi connectivity index (χ3v) is 6.19. The zero-order valence-corrected chi connectivity index (χ0v) is 16.3. The molecule has 8 nitrogen and oxygen atoms in total. The minimum atomic E-state index is -0.302. The number of morpholine rings is 1. The number of anilines is 2. The van der Waals surface area contributed by atoms with Gasteiger partial charge in [0.2, 0.25) is 0 Å². The van der Waals surface area contributed by atoms with E-state index in [1.54, 1.807) is 25.4 Å². The second-order valence-electron chi connectivity index (χ2n) is 6.87. The Morgan fingerprint density at radius 1 is 1.28 bits per heavy atom. The van der Waals surface area contributed by atoms with Crippen molar-refractivity contribution in [2.45, 2.75) is 18.5 Å². The first-order chi connectivity index (χ1) is 14.1. The topological polar surface area (TPSA) is 92.5 Å². The summed E-state index contributed by atoms with van der Waals surface area (Å²) in [6.45, 7) is 1.03. The van der Waals surface area contributed by atoms with Crippen LogP contribution in [0.3, 0.4) is 0 Å². The summed E-state index contributed by atoms with van der Waals surface area (Å²) in [5.41, 5.74) is 2.41. The third kappa shape index (κ3) is 3.23. The quantitative estimate of drug-likeness (QED) is 0.683. The molecule has 0 unspecified atom stereocenters. The fourth-order valence-corrected chi connectivity index (χ4v) is 4.79. The van der Waals surface area contributed by atoms with Crippen molar-refractivity contribution in [1.82, 2.24) is 15.3 Å². The van der Waals surface area contributed by atoms with Gasteiger partial charge in [0.25, 0.3) is 6.01 Å². The number of urea groups is 1. The first-order valence-corrected chi connectivity index (χ1v) is 10.00. The molecule has 1 fully saturated rings. The molecule has 0 saturated carbocycles. The number of rotatable bonds is 3. The molecule has 2 atom stereocenters. The minimum absolute atomic E-state index is 0.0379. The molecule has 0 aliphatic carbocycles. The second kappa shape index (κ2) is 7.12. The number of amides is 2. The number of hydrogen-bond acceptors (Lipinski definition) is 7. The summed E-state index contributed by atoms with van der Waals surface area (Å²) >= 11 is 1.44. The first kappa shape index (κ1) is 18.1. The van der Waals surface area contributed by atoms with Crippen LogP contribution in [0, 0.1) is 5.82 Å². The lowest BCUT2D eigenvalue weighted by Gasteiger charge is -2.43. The lowest BCUT2D eigenvalue weighted by Crippen LogP contribution is -2.51. The number of carbonyl (C=O) groups excluding carboxylic acids is 1. The number of thiazole rings is 1. The molecule has 1 saturated heterocycles. The molecule has 150 valence electrons. The number of benzene rings is 1. The summed E-state index contributed by atoms with van der Waals surface area (Å²) in [5, 5.41) is 5.83. The maximum absolute atomic E-state index is 13.2. The Hall–Kier alpha value is -2.98. The number of hydrogen-bond donors (Lipinski definition) is 2. The highest BCUT2D eigenvalue weighted by Gasteiger charge is 2.42. The van der Waals surface area contributed by atoms with Crippen molar-refractivity contribution in [2.24, 2.45) is 0 Å². The number of fused-ring (bicyclic) bond motifs is 4. The highest BCUT2D eigenvalue weighted by Crippen LogP contribution is 2.43. The fourth-order valence-electron chi connectivity index (χ4n) is 3.72. The molecule has 2 aliphatic heterocycles. The molecule has 0 spiro atoms. The molecule has 5 rings (SSSR count). The third-order valence-electron chi connectivity index (χ3n) is 5.07. The monoisotopic (exact) mass is 415 g/mol. The van der Waals surface area contributed by atoms with E-state index in [1.165, 1.54) is 23.5 Å². The Labute approximate surface area is 169 Å². The minimum Gasteiger partial charge on any atom is -0.431 e. The number of aromatic nitrogens is 2. The molecular weight excluding hydrogens is 397 g/mol. The van der Waals surface area contributed by atoms with Gasteiger partial charge in [0.15, 0.2) is 5.13 Å². The number of oxazole rings is 1. The molecule has 10 heteroatoms. The largest absolute Gasteiger partial charge is 0.431 e. The predicted octanol–water partition coefficient (Wildman–Crippen LogP) is 3.19. The van der Waals surface area contributed by atoms with E-state index in [1.807, 2.05) is 0 Å². The van der Waals surface area contributed by atoms with Crippen LogP contribution in [0.5, 0.6) is 0 Å². The lowest BCUT2D eigenvalue weighted by molar-refractivity contribution is 0.0577. The van der Waals surface area contributed by atoms with Crippen LogP contribution in [0.15, 0.2) is 34.9 Å². The van der Waals surface area contributed by atoms with Gasteiger partial charge in [-0.25, -0.2) is 14.2 Å². The predicted molar refractivity (Wildman–Crippen MR) is 106 cm³/mol. The summed E-state index contributed by atoms with van der Waals surface area (Å²) < 4.78 is 24.8. The normalized spacial score (nSPS) is 20.3. The van der Waals surface area contributed by atoms with Crippen molar-refractivity contribution < 1.29 is 18.3 Å². The second-order valence-corrected chi connectivity index (χ2v) is 7.91. The Morgan fingerprint density at radius 2 is 2.10 bits per heavy atom. The van der Waals surface area contributed by atoms with Gasteiger partial charge < -0.3 is 19.4 Å². The number of carbonyl (C=O) groups is 1. The van der Waals surface area contributed by atoms with Crippen LogP contribution in [0.4, 0.5) is 20.3 Å². The van der Waals surface area contributed by atoms with Gasteiger partial charge in [-0.05, 0) is 24.3 Å². The van der Waals surface area contributed by atoms with Gasteiger partial charge >= 0.3 is 6.03 Å². The molecule has 1 aromatic carbocycles. The number of nitrogens with one attached hydrogen (secondary N) is 2. The summed E-state index contributed by atoms with van der Waals surface area (Å²) in [6, 6.07) is 6.30. The maximum Gasteiger partial charge on any atom is 0.320 e. The van der Waals surface area contributed by atoms with E-state index in [0.29, 0.717) is 36.5 Å². The molecule has 2 aromatic heterocycles. The Kier molecular flexibility index (Phi) is 4.44. The molecule has 29 heavy (non-hydrogen) atoms. The first-order valence-electron chi connectivity index (χ1n) is 9.18. The number of nitrogens with zero attached hydrogens (tertiary/aromatic N) is 3. The van der Waals surface area contributed by atoms with Gasteiger partial charge in [-0.15, -0.1) is 0 Å². The van der Waals surface area contributed by atoms with Crippen LogP contribution in [-0.4, -0.2) is 42.3 Å².